The summed E-state index contributed by atoms with van der Waals surface area (Å²) in [6.45, 7) is 0.300. The van der Waals surface area contributed by atoms with Crippen molar-refractivity contribution in [2.75, 3.05) is 0 Å². The highest BCUT2D eigenvalue weighted by molar-refractivity contribution is 7.89. The zero-order valence-electron chi connectivity index (χ0n) is 16.6. The number of nitrogens with one attached hydrogen (secondary N) is 2. The molecule has 3 aromatic rings. The summed E-state index contributed by atoms with van der Waals surface area (Å²) in [5.41, 5.74) is 3.05. The van der Waals surface area contributed by atoms with Crippen LogP contribution in [0, 0.1) is 5.82 Å². The molecule has 0 aliphatic carbocycles. The Labute approximate surface area is 183 Å². The molecule has 1 heterocycles. The van der Waals surface area contributed by atoms with E-state index in [-0.39, 0.29) is 16.3 Å². The fourth-order valence-corrected chi connectivity index (χ4v) is 3.90. The first-order valence-electron chi connectivity index (χ1n) is 9.54. The number of carbonyl (C=O) groups is 2. The molecule has 0 spiro atoms. The van der Waals surface area contributed by atoms with Crippen molar-refractivity contribution in [1.82, 2.24) is 10.6 Å². The van der Waals surface area contributed by atoms with Crippen LogP contribution in [0.3, 0.4) is 0 Å². The minimum atomic E-state index is -3.77. The van der Waals surface area contributed by atoms with E-state index in [4.69, 9.17) is 5.14 Å². The lowest BCUT2D eigenvalue weighted by atomic mass is 9.91. The number of rotatable bonds is 5. The van der Waals surface area contributed by atoms with Gasteiger partial charge in [0, 0.05) is 23.9 Å². The van der Waals surface area contributed by atoms with E-state index in [1.807, 2.05) is 0 Å². The zero-order valence-corrected chi connectivity index (χ0v) is 17.4. The molecule has 1 aliphatic heterocycles. The van der Waals surface area contributed by atoms with Gasteiger partial charge in [0.2, 0.25) is 10.0 Å². The van der Waals surface area contributed by atoms with Crippen LogP contribution in [0.15, 0.2) is 77.8 Å². The van der Waals surface area contributed by atoms with E-state index in [1.165, 1.54) is 30.5 Å². The smallest absolute Gasteiger partial charge is 0.260 e. The number of hydrogen-bond acceptors (Lipinski definition) is 5. The standard InChI is InChI=1S/C23H18FN3O4S/c24-17-3-1-2-15(10-17)16-6-9-19-20(11-16)21(23(29)27-22(19)28)13-26-12-14-4-7-18(8-5-14)32(25,30)31/h1-11,13,26H,12H2,(H2,25,30,31)(H,27,28,29)/b21-13-. The molecule has 9 heteroatoms. The lowest BCUT2D eigenvalue weighted by Crippen LogP contribution is -2.37. The molecule has 32 heavy (non-hydrogen) atoms. The van der Waals surface area contributed by atoms with Crippen molar-refractivity contribution < 1.29 is 22.4 Å². The molecule has 0 radical (unpaired) electrons. The summed E-state index contributed by atoms with van der Waals surface area (Å²) in [7, 11) is -3.77. The predicted molar refractivity (Wildman–Crippen MR) is 117 cm³/mol. The summed E-state index contributed by atoms with van der Waals surface area (Å²) >= 11 is 0. The van der Waals surface area contributed by atoms with Crippen LogP contribution in [-0.4, -0.2) is 20.2 Å². The predicted octanol–water partition coefficient (Wildman–Crippen LogP) is 2.54. The van der Waals surface area contributed by atoms with Gasteiger partial charge in [0.25, 0.3) is 11.8 Å². The van der Waals surface area contributed by atoms with Crippen molar-refractivity contribution in [3.05, 3.63) is 95.4 Å². The van der Waals surface area contributed by atoms with Crippen LogP contribution >= 0.6 is 0 Å². The van der Waals surface area contributed by atoms with E-state index in [0.29, 0.717) is 28.8 Å². The maximum Gasteiger partial charge on any atom is 0.260 e. The van der Waals surface area contributed by atoms with Crippen molar-refractivity contribution >= 4 is 27.4 Å². The first-order chi connectivity index (χ1) is 15.2. The first kappa shape index (κ1) is 21.4. The van der Waals surface area contributed by atoms with Crippen molar-refractivity contribution in [3.8, 4) is 11.1 Å². The van der Waals surface area contributed by atoms with Crippen LogP contribution in [0.4, 0.5) is 4.39 Å². The summed E-state index contributed by atoms with van der Waals surface area (Å²) in [6.07, 6.45) is 1.49. The van der Waals surface area contributed by atoms with Crippen LogP contribution in [0.5, 0.6) is 0 Å². The molecule has 3 aromatic carbocycles. The molecule has 162 valence electrons. The average molecular weight is 451 g/mol. The number of primary sulfonamides is 1. The molecule has 0 bridgehead atoms. The Hall–Kier alpha value is -3.82. The molecule has 4 N–H and O–H groups in total. The highest BCUT2D eigenvalue weighted by Gasteiger charge is 2.27. The molecule has 0 saturated carbocycles. The Morgan fingerprint density at radius 2 is 1.62 bits per heavy atom. The third-order valence-electron chi connectivity index (χ3n) is 4.99. The number of imide groups is 1. The number of fused-ring (bicyclic) bond motifs is 1. The highest BCUT2D eigenvalue weighted by atomic mass is 32.2. The van der Waals surface area contributed by atoms with E-state index in [0.717, 1.165) is 5.56 Å². The minimum Gasteiger partial charge on any atom is -0.386 e. The Balaban J connectivity index is 1.62. The van der Waals surface area contributed by atoms with Gasteiger partial charge in [-0.15, -0.1) is 0 Å². The molecule has 4 rings (SSSR count). The van der Waals surface area contributed by atoms with Crippen molar-refractivity contribution in [1.29, 1.82) is 0 Å². The fraction of sp³-hybridized carbons (Fsp3) is 0.0435. The van der Waals surface area contributed by atoms with Crippen molar-refractivity contribution in [2.45, 2.75) is 11.4 Å². The van der Waals surface area contributed by atoms with Gasteiger partial charge in [-0.05, 0) is 53.1 Å². The van der Waals surface area contributed by atoms with E-state index < -0.39 is 21.8 Å². The third kappa shape index (κ3) is 4.43. The molecule has 1 aliphatic rings. The van der Waals surface area contributed by atoms with Crippen LogP contribution in [0.2, 0.25) is 0 Å². The molecule has 2 amide bonds. The monoisotopic (exact) mass is 451 g/mol. The Bertz CT molecular complexity index is 1370. The maximum absolute atomic E-state index is 13.6. The molecular weight excluding hydrogens is 433 g/mol. The van der Waals surface area contributed by atoms with Crippen LogP contribution in [0.25, 0.3) is 16.7 Å². The normalized spacial score (nSPS) is 14.8. The summed E-state index contributed by atoms with van der Waals surface area (Å²) in [6, 6.07) is 17.0. The molecule has 0 aromatic heterocycles. The van der Waals surface area contributed by atoms with Gasteiger partial charge in [0.15, 0.2) is 0 Å². The lowest BCUT2D eigenvalue weighted by Gasteiger charge is -2.19. The van der Waals surface area contributed by atoms with E-state index in [1.54, 1.807) is 42.5 Å². The van der Waals surface area contributed by atoms with Crippen molar-refractivity contribution in [3.63, 3.8) is 0 Å². The number of halogens is 1. The van der Waals surface area contributed by atoms with Crippen LogP contribution in [-0.2, 0) is 21.4 Å². The zero-order chi connectivity index (χ0) is 22.9. The number of benzene rings is 3. The van der Waals surface area contributed by atoms with Gasteiger partial charge in [-0.3, -0.25) is 14.9 Å². The number of amides is 2. The Morgan fingerprint density at radius 1 is 0.906 bits per heavy atom. The molecular formula is C23H18FN3O4S. The van der Waals surface area contributed by atoms with E-state index in [9.17, 15) is 22.4 Å². The number of nitrogens with two attached hydrogens (primary N) is 1. The fourth-order valence-electron chi connectivity index (χ4n) is 3.38. The van der Waals surface area contributed by atoms with E-state index in [2.05, 4.69) is 10.6 Å². The summed E-state index contributed by atoms with van der Waals surface area (Å²) in [5.74, 6) is -1.46. The summed E-state index contributed by atoms with van der Waals surface area (Å²) in [4.78, 5) is 24.7. The summed E-state index contributed by atoms with van der Waals surface area (Å²) in [5, 5.41) is 10.4. The highest BCUT2D eigenvalue weighted by Crippen LogP contribution is 2.29. The topological polar surface area (TPSA) is 118 Å². The SMILES string of the molecule is NS(=O)(=O)c1ccc(CN/C=C2\C(=O)NC(=O)c3ccc(-c4cccc(F)c4)cc32)cc1. The molecule has 0 atom stereocenters. The van der Waals surface area contributed by atoms with E-state index >= 15 is 0 Å². The first-order valence-corrected chi connectivity index (χ1v) is 11.1. The van der Waals surface area contributed by atoms with Gasteiger partial charge >= 0.3 is 0 Å². The lowest BCUT2D eigenvalue weighted by molar-refractivity contribution is -0.114. The molecule has 7 nitrogen and oxygen atoms in total. The van der Waals surface area contributed by atoms with Gasteiger partial charge in [-0.25, -0.2) is 17.9 Å². The molecule has 0 unspecified atom stereocenters. The Kier molecular flexibility index (Phi) is 5.60. The van der Waals surface area contributed by atoms with Gasteiger partial charge in [-0.1, -0.05) is 30.3 Å². The van der Waals surface area contributed by atoms with Crippen LogP contribution in [0.1, 0.15) is 21.5 Å². The van der Waals surface area contributed by atoms with Gasteiger partial charge in [0.05, 0.1) is 10.5 Å². The van der Waals surface area contributed by atoms with Crippen LogP contribution < -0.4 is 15.8 Å². The molecule has 0 fully saturated rings. The summed E-state index contributed by atoms with van der Waals surface area (Å²) < 4.78 is 36.3. The van der Waals surface area contributed by atoms with Crippen molar-refractivity contribution in [2.24, 2.45) is 5.14 Å². The molecule has 0 saturated heterocycles. The number of carbonyl (C=O) groups excluding carboxylic acids is 2. The van der Waals surface area contributed by atoms with Gasteiger partial charge in [-0.2, -0.15) is 0 Å². The third-order valence-corrected chi connectivity index (χ3v) is 5.92. The maximum atomic E-state index is 13.6. The minimum absolute atomic E-state index is 0.00332. The second-order valence-corrected chi connectivity index (χ2v) is 8.74. The number of hydrogen-bond donors (Lipinski definition) is 3. The number of sulfonamides is 1. The second-order valence-electron chi connectivity index (χ2n) is 7.18. The quantitative estimate of drug-likeness (QED) is 0.407. The van der Waals surface area contributed by atoms with Gasteiger partial charge < -0.3 is 5.32 Å². The second kappa shape index (κ2) is 8.37. The Morgan fingerprint density at radius 3 is 2.31 bits per heavy atom. The largest absolute Gasteiger partial charge is 0.386 e. The average Bonchev–Trinajstić information content (AvgIpc) is 2.75. The van der Waals surface area contributed by atoms with Gasteiger partial charge in [0.1, 0.15) is 5.82 Å².